The number of ketones is 1. The SMILES string of the molecule is COc1ccc(C(C)=O)cc1CC(=O)N[C@H](C)c1cccs1. The van der Waals surface area contributed by atoms with Crippen molar-refractivity contribution in [2.45, 2.75) is 26.3 Å². The van der Waals surface area contributed by atoms with Gasteiger partial charge in [0.2, 0.25) is 5.91 Å². The minimum Gasteiger partial charge on any atom is -0.496 e. The van der Waals surface area contributed by atoms with Crippen molar-refractivity contribution in [1.29, 1.82) is 0 Å². The highest BCUT2D eigenvalue weighted by Gasteiger charge is 2.14. The lowest BCUT2D eigenvalue weighted by molar-refractivity contribution is -0.121. The zero-order chi connectivity index (χ0) is 16.1. The summed E-state index contributed by atoms with van der Waals surface area (Å²) in [5.74, 6) is 0.486. The van der Waals surface area contributed by atoms with Crippen molar-refractivity contribution in [1.82, 2.24) is 5.32 Å². The molecule has 1 amide bonds. The topological polar surface area (TPSA) is 55.4 Å². The number of hydrogen-bond donors (Lipinski definition) is 1. The number of nitrogens with one attached hydrogen (secondary N) is 1. The Bertz CT molecular complexity index is 665. The van der Waals surface area contributed by atoms with Crippen molar-refractivity contribution in [3.05, 3.63) is 51.7 Å². The van der Waals surface area contributed by atoms with Crippen LogP contribution in [0.15, 0.2) is 35.7 Å². The van der Waals surface area contributed by atoms with E-state index in [9.17, 15) is 9.59 Å². The Hall–Kier alpha value is -2.14. The predicted octanol–water partition coefficient (Wildman–Crippen LogP) is 3.38. The van der Waals surface area contributed by atoms with Crippen LogP contribution in [-0.2, 0) is 11.2 Å². The van der Waals surface area contributed by atoms with Gasteiger partial charge in [0.15, 0.2) is 5.78 Å². The van der Waals surface area contributed by atoms with Crippen LogP contribution < -0.4 is 10.1 Å². The van der Waals surface area contributed by atoms with Crippen LogP contribution in [0.1, 0.15) is 40.7 Å². The van der Waals surface area contributed by atoms with Gasteiger partial charge in [0, 0.05) is 16.0 Å². The Morgan fingerprint density at radius 2 is 2.09 bits per heavy atom. The average Bonchev–Trinajstić information content (AvgIpc) is 3.01. The number of amides is 1. The van der Waals surface area contributed by atoms with E-state index in [4.69, 9.17) is 4.74 Å². The molecule has 4 nitrogen and oxygen atoms in total. The van der Waals surface area contributed by atoms with Crippen LogP contribution >= 0.6 is 11.3 Å². The van der Waals surface area contributed by atoms with Crippen molar-refractivity contribution >= 4 is 23.0 Å². The maximum Gasteiger partial charge on any atom is 0.225 e. The highest BCUT2D eigenvalue weighted by molar-refractivity contribution is 7.10. The molecule has 5 heteroatoms. The third-order valence-electron chi connectivity index (χ3n) is 3.39. The fourth-order valence-corrected chi connectivity index (χ4v) is 2.94. The van der Waals surface area contributed by atoms with E-state index < -0.39 is 0 Å². The van der Waals surface area contributed by atoms with Crippen LogP contribution in [0, 0.1) is 0 Å². The fraction of sp³-hybridized carbons (Fsp3) is 0.294. The van der Waals surface area contributed by atoms with Gasteiger partial charge in [-0.2, -0.15) is 0 Å². The third kappa shape index (κ3) is 3.95. The largest absolute Gasteiger partial charge is 0.496 e. The van der Waals surface area contributed by atoms with Gasteiger partial charge in [-0.3, -0.25) is 9.59 Å². The summed E-state index contributed by atoms with van der Waals surface area (Å²) in [7, 11) is 1.55. The first-order chi connectivity index (χ1) is 10.5. The number of thiophene rings is 1. The average molecular weight is 317 g/mol. The van der Waals surface area contributed by atoms with Gasteiger partial charge in [0.05, 0.1) is 19.6 Å². The number of methoxy groups -OCH3 is 1. The highest BCUT2D eigenvalue weighted by Crippen LogP contribution is 2.22. The second-order valence-corrected chi connectivity index (χ2v) is 6.04. The van der Waals surface area contributed by atoms with Crippen LogP contribution in [0.5, 0.6) is 5.75 Å². The molecule has 0 aliphatic rings. The summed E-state index contributed by atoms with van der Waals surface area (Å²) in [6, 6.07) is 9.07. The summed E-state index contributed by atoms with van der Waals surface area (Å²) in [6.07, 6.45) is 0.181. The number of benzene rings is 1. The van der Waals surface area contributed by atoms with Crippen molar-refractivity contribution in [3.63, 3.8) is 0 Å². The van der Waals surface area contributed by atoms with Crippen LogP contribution in [0.2, 0.25) is 0 Å². The molecule has 1 heterocycles. The molecule has 116 valence electrons. The van der Waals surface area contributed by atoms with Crippen LogP contribution in [0.3, 0.4) is 0 Å². The highest BCUT2D eigenvalue weighted by atomic mass is 32.1. The van der Waals surface area contributed by atoms with Crippen molar-refractivity contribution in [2.75, 3.05) is 7.11 Å². The van der Waals surface area contributed by atoms with E-state index >= 15 is 0 Å². The maximum absolute atomic E-state index is 12.2. The van der Waals surface area contributed by atoms with Gasteiger partial charge in [0.25, 0.3) is 0 Å². The van der Waals surface area contributed by atoms with Gasteiger partial charge in [-0.15, -0.1) is 11.3 Å². The Morgan fingerprint density at radius 1 is 1.32 bits per heavy atom. The predicted molar refractivity (Wildman–Crippen MR) is 87.6 cm³/mol. The molecule has 0 saturated carbocycles. The van der Waals surface area contributed by atoms with E-state index in [-0.39, 0.29) is 24.2 Å². The Labute approximate surface area is 134 Å². The number of carbonyl (C=O) groups excluding carboxylic acids is 2. The van der Waals surface area contributed by atoms with Gasteiger partial charge >= 0.3 is 0 Å². The number of carbonyl (C=O) groups is 2. The number of rotatable bonds is 6. The Kier molecular flexibility index (Phi) is 5.33. The first-order valence-corrected chi connectivity index (χ1v) is 7.90. The molecule has 1 aromatic heterocycles. The van der Waals surface area contributed by atoms with Crippen molar-refractivity contribution in [3.8, 4) is 5.75 Å². The summed E-state index contributed by atoms with van der Waals surface area (Å²) in [4.78, 5) is 24.8. The first-order valence-electron chi connectivity index (χ1n) is 7.02. The lowest BCUT2D eigenvalue weighted by Gasteiger charge is -2.14. The van der Waals surface area contributed by atoms with Crippen LogP contribution in [-0.4, -0.2) is 18.8 Å². The van der Waals surface area contributed by atoms with Crippen molar-refractivity contribution in [2.24, 2.45) is 0 Å². The smallest absolute Gasteiger partial charge is 0.225 e. The van der Waals surface area contributed by atoms with E-state index in [1.54, 1.807) is 36.6 Å². The van der Waals surface area contributed by atoms with Gasteiger partial charge in [-0.25, -0.2) is 0 Å². The van der Waals surface area contributed by atoms with Crippen LogP contribution in [0.25, 0.3) is 0 Å². The Balaban J connectivity index is 2.10. The second-order valence-electron chi connectivity index (χ2n) is 5.06. The normalized spacial score (nSPS) is 11.8. The van der Waals surface area contributed by atoms with E-state index in [0.717, 1.165) is 4.88 Å². The Morgan fingerprint density at radius 3 is 2.68 bits per heavy atom. The maximum atomic E-state index is 12.2. The molecule has 2 rings (SSSR count). The number of hydrogen-bond acceptors (Lipinski definition) is 4. The van der Waals surface area contributed by atoms with Gasteiger partial charge in [0.1, 0.15) is 5.75 Å². The zero-order valence-electron chi connectivity index (χ0n) is 12.9. The van der Waals surface area contributed by atoms with Gasteiger partial charge in [-0.05, 0) is 43.5 Å². The monoisotopic (exact) mass is 317 g/mol. The molecule has 0 radical (unpaired) electrons. The van der Waals surface area contributed by atoms with E-state index in [0.29, 0.717) is 16.9 Å². The molecule has 0 unspecified atom stereocenters. The van der Waals surface area contributed by atoms with Crippen LogP contribution in [0.4, 0.5) is 0 Å². The lowest BCUT2D eigenvalue weighted by Crippen LogP contribution is -2.27. The molecule has 0 aliphatic heterocycles. The molecule has 0 bridgehead atoms. The zero-order valence-corrected chi connectivity index (χ0v) is 13.7. The quantitative estimate of drug-likeness (QED) is 0.831. The molecular formula is C17H19NO3S. The lowest BCUT2D eigenvalue weighted by atomic mass is 10.0. The molecule has 22 heavy (non-hydrogen) atoms. The molecule has 0 fully saturated rings. The molecule has 1 atom stereocenters. The van der Waals surface area contributed by atoms with Gasteiger partial charge in [-0.1, -0.05) is 6.07 Å². The summed E-state index contributed by atoms with van der Waals surface area (Å²) in [5.41, 5.74) is 1.29. The summed E-state index contributed by atoms with van der Waals surface area (Å²) in [5, 5.41) is 4.95. The van der Waals surface area contributed by atoms with Crippen molar-refractivity contribution < 1.29 is 14.3 Å². The molecule has 0 aliphatic carbocycles. The summed E-state index contributed by atoms with van der Waals surface area (Å²) in [6.45, 7) is 3.46. The molecule has 1 N–H and O–H groups in total. The molecule has 0 saturated heterocycles. The minimum atomic E-state index is -0.0973. The van der Waals surface area contributed by atoms with E-state index in [2.05, 4.69) is 5.32 Å². The summed E-state index contributed by atoms with van der Waals surface area (Å²) >= 11 is 1.61. The van der Waals surface area contributed by atoms with E-state index in [1.165, 1.54) is 6.92 Å². The standard InChI is InChI=1S/C17H19NO3S/c1-11(16-5-4-8-22-16)18-17(20)10-14-9-13(12(2)19)6-7-15(14)21-3/h4-9,11H,10H2,1-3H3,(H,18,20)/t11-/m1/s1. The first kappa shape index (κ1) is 16.2. The molecule has 2 aromatic rings. The van der Waals surface area contributed by atoms with Gasteiger partial charge < -0.3 is 10.1 Å². The third-order valence-corrected chi connectivity index (χ3v) is 4.44. The molecule has 0 spiro atoms. The number of Topliss-reactive ketones (excluding diaryl/α,β-unsaturated/α-hetero) is 1. The fourth-order valence-electron chi connectivity index (χ4n) is 2.21. The van der Waals surface area contributed by atoms with E-state index in [1.807, 2.05) is 24.4 Å². The molecular weight excluding hydrogens is 298 g/mol. The minimum absolute atomic E-state index is 0.0312. The number of ether oxygens (including phenoxy) is 1. The summed E-state index contributed by atoms with van der Waals surface area (Å²) < 4.78 is 5.27. The molecule has 1 aromatic carbocycles. The second kappa shape index (κ2) is 7.22.